The van der Waals surface area contributed by atoms with Gasteiger partial charge in [0.1, 0.15) is 0 Å². The number of benzene rings is 1. The highest BCUT2D eigenvalue weighted by Crippen LogP contribution is 2.19. The first kappa shape index (κ1) is 13.0. The van der Waals surface area contributed by atoms with Gasteiger partial charge in [0.25, 0.3) is 0 Å². The number of nitrogens with one attached hydrogen (secondary N) is 1. The van der Waals surface area contributed by atoms with Gasteiger partial charge in [-0.15, -0.1) is 0 Å². The van der Waals surface area contributed by atoms with Gasteiger partial charge in [0.15, 0.2) is 0 Å². The Kier molecular flexibility index (Phi) is 4.71. The number of nitrogens with zero attached hydrogens (tertiary/aromatic N) is 1. The van der Waals surface area contributed by atoms with Crippen molar-refractivity contribution in [3.05, 3.63) is 42.2 Å². The third-order valence-electron chi connectivity index (χ3n) is 3.36. The van der Waals surface area contributed by atoms with Crippen molar-refractivity contribution in [2.24, 2.45) is 0 Å². The minimum absolute atomic E-state index is 0.580. The van der Waals surface area contributed by atoms with E-state index in [1.807, 2.05) is 12.4 Å². The van der Waals surface area contributed by atoms with E-state index in [1.54, 1.807) is 0 Å². The fourth-order valence-corrected chi connectivity index (χ4v) is 2.26. The van der Waals surface area contributed by atoms with E-state index in [1.165, 1.54) is 29.2 Å². The van der Waals surface area contributed by atoms with Crippen molar-refractivity contribution in [2.45, 2.75) is 39.2 Å². The number of hydrogen-bond acceptors (Lipinski definition) is 2. The van der Waals surface area contributed by atoms with Gasteiger partial charge in [0.2, 0.25) is 0 Å². The summed E-state index contributed by atoms with van der Waals surface area (Å²) in [6.45, 7) is 5.58. The average Bonchev–Trinajstić information content (AvgIpc) is 2.42. The fourth-order valence-electron chi connectivity index (χ4n) is 2.26. The average molecular weight is 242 g/mol. The second-order valence-electron chi connectivity index (χ2n) is 4.91. The molecule has 0 spiro atoms. The highest BCUT2D eigenvalue weighted by atomic mass is 14.9. The maximum Gasteiger partial charge on any atom is 0.0349 e. The number of aryl methyl sites for hydroxylation is 1. The minimum Gasteiger partial charge on any atom is -0.314 e. The van der Waals surface area contributed by atoms with Gasteiger partial charge in [0.05, 0.1) is 0 Å². The maximum atomic E-state index is 4.23. The summed E-state index contributed by atoms with van der Waals surface area (Å²) < 4.78 is 0. The molecule has 1 atom stereocenters. The van der Waals surface area contributed by atoms with Crippen LogP contribution in [0.5, 0.6) is 0 Å². The number of fused-ring (bicyclic) bond motifs is 1. The summed E-state index contributed by atoms with van der Waals surface area (Å²) in [4.78, 5) is 4.23. The Balaban J connectivity index is 2.03. The molecule has 0 bridgehead atoms. The molecule has 1 heterocycles. The molecule has 0 saturated heterocycles. The number of hydrogen-bond donors (Lipinski definition) is 1. The first-order valence-corrected chi connectivity index (χ1v) is 6.86. The summed E-state index contributed by atoms with van der Waals surface area (Å²) in [5, 5.41) is 6.12. The Morgan fingerprint density at radius 1 is 1.28 bits per heavy atom. The van der Waals surface area contributed by atoms with Gasteiger partial charge in [-0.05, 0) is 49.7 Å². The Morgan fingerprint density at radius 2 is 2.17 bits per heavy atom. The van der Waals surface area contributed by atoms with Crippen LogP contribution in [-0.4, -0.2) is 17.6 Å². The van der Waals surface area contributed by atoms with E-state index in [-0.39, 0.29) is 0 Å². The van der Waals surface area contributed by atoms with Gasteiger partial charge < -0.3 is 5.32 Å². The van der Waals surface area contributed by atoms with Crippen LogP contribution in [0.15, 0.2) is 36.7 Å². The van der Waals surface area contributed by atoms with E-state index < -0.39 is 0 Å². The lowest BCUT2D eigenvalue weighted by Crippen LogP contribution is -2.27. The van der Waals surface area contributed by atoms with Crippen LogP contribution in [0, 0.1) is 0 Å². The molecule has 2 nitrogen and oxygen atoms in total. The molecule has 1 aromatic heterocycles. The number of pyridine rings is 1. The smallest absolute Gasteiger partial charge is 0.0349 e. The molecule has 1 unspecified atom stereocenters. The molecule has 1 N–H and O–H groups in total. The molecular formula is C16H22N2. The van der Waals surface area contributed by atoms with Crippen molar-refractivity contribution in [3.63, 3.8) is 0 Å². The lowest BCUT2D eigenvalue weighted by molar-refractivity contribution is 0.514. The van der Waals surface area contributed by atoms with Crippen LogP contribution in [-0.2, 0) is 6.42 Å². The largest absolute Gasteiger partial charge is 0.314 e. The maximum absolute atomic E-state index is 4.23. The first-order valence-electron chi connectivity index (χ1n) is 6.86. The Hall–Kier alpha value is -1.41. The molecular weight excluding hydrogens is 220 g/mol. The van der Waals surface area contributed by atoms with Gasteiger partial charge in [-0.2, -0.15) is 0 Å². The lowest BCUT2D eigenvalue weighted by Gasteiger charge is -2.13. The molecule has 0 fully saturated rings. The summed E-state index contributed by atoms with van der Waals surface area (Å²) in [6, 6.07) is 9.17. The molecule has 2 rings (SSSR count). The van der Waals surface area contributed by atoms with E-state index >= 15 is 0 Å². The van der Waals surface area contributed by atoms with E-state index in [2.05, 4.69) is 48.4 Å². The van der Waals surface area contributed by atoms with Crippen molar-refractivity contribution in [1.29, 1.82) is 0 Å². The Labute approximate surface area is 109 Å². The number of aromatic nitrogens is 1. The van der Waals surface area contributed by atoms with Crippen LogP contribution < -0.4 is 5.32 Å². The van der Waals surface area contributed by atoms with E-state index in [4.69, 9.17) is 0 Å². The molecule has 1 aromatic carbocycles. The molecule has 0 aliphatic rings. The molecule has 0 amide bonds. The van der Waals surface area contributed by atoms with E-state index in [0.29, 0.717) is 6.04 Å². The van der Waals surface area contributed by atoms with Gasteiger partial charge >= 0.3 is 0 Å². The molecule has 96 valence electrons. The van der Waals surface area contributed by atoms with Crippen LogP contribution in [0.1, 0.15) is 32.3 Å². The summed E-state index contributed by atoms with van der Waals surface area (Å²) >= 11 is 0. The third kappa shape index (κ3) is 3.30. The Bertz CT molecular complexity index is 488. The second-order valence-corrected chi connectivity index (χ2v) is 4.91. The monoisotopic (exact) mass is 242 g/mol. The molecule has 0 aliphatic heterocycles. The van der Waals surface area contributed by atoms with Crippen molar-refractivity contribution in [1.82, 2.24) is 10.3 Å². The first-order chi connectivity index (χ1) is 8.81. The van der Waals surface area contributed by atoms with Crippen molar-refractivity contribution < 1.29 is 0 Å². The zero-order valence-corrected chi connectivity index (χ0v) is 11.3. The van der Waals surface area contributed by atoms with E-state index in [9.17, 15) is 0 Å². The van der Waals surface area contributed by atoms with Gasteiger partial charge in [-0.3, -0.25) is 4.98 Å². The summed E-state index contributed by atoms with van der Waals surface area (Å²) in [7, 11) is 0. The summed E-state index contributed by atoms with van der Waals surface area (Å²) in [5.74, 6) is 0. The van der Waals surface area contributed by atoms with Gasteiger partial charge in [-0.1, -0.05) is 25.1 Å². The van der Waals surface area contributed by atoms with Crippen molar-refractivity contribution >= 4 is 10.8 Å². The van der Waals surface area contributed by atoms with Crippen LogP contribution in [0.3, 0.4) is 0 Å². The zero-order valence-electron chi connectivity index (χ0n) is 11.3. The van der Waals surface area contributed by atoms with Crippen molar-refractivity contribution in [2.75, 3.05) is 6.54 Å². The second kappa shape index (κ2) is 6.50. The van der Waals surface area contributed by atoms with Gasteiger partial charge in [0, 0.05) is 23.8 Å². The quantitative estimate of drug-likeness (QED) is 0.838. The molecule has 18 heavy (non-hydrogen) atoms. The molecule has 0 radical (unpaired) electrons. The highest BCUT2D eigenvalue weighted by Gasteiger charge is 2.04. The molecule has 0 saturated carbocycles. The predicted molar refractivity (Wildman–Crippen MR) is 77.8 cm³/mol. The Morgan fingerprint density at radius 3 is 3.00 bits per heavy atom. The molecule has 2 heteroatoms. The molecule has 0 aliphatic carbocycles. The lowest BCUT2D eigenvalue weighted by atomic mass is 10.0. The summed E-state index contributed by atoms with van der Waals surface area (Å²) in [5.41, 5.74) is 1.41. The molecule has 2 aromatic rings. The minimum atomic E-state index is 0.580. The SMILES string of the molecule is CCCNC(C)CCc1cccc2ccncc12. The topological polar surface area (TPSA) is 24.9 Å². The van der Waals surface area contributed by atoms with E-state index in [0.717, 1.165) is 13.0 Å². The van der Waals surface area contributed by atoms with Crippen LogP contribution in [0.25, 0.3) is 10.8 Å². The predicted octanol–water partition coefficient (Wildman–Crippen LogP) is 3.56. The van der Waals surface area contributed by atoms with Crippen LogP contribution in [0.4, 0.5) is 0 Å². The van der Waals surface area contributed by atoms with Crippen molar-refractivity contribution in [3.8, 4) is 0 Å². The van der Waals surface area contributed by atoms with Crippen LogP contribution in [0.2, 0.25) is 0 Å². The normalized spacial score (nSPS) is 12.8. The highest BCUT2D eigenvalue weighted by molar-refractivity contribution is 5.84. The third-order valence-corrected chi connectivity index (χ3v) is 3.36. The van der Waals surface area contributed by atoms with Gasteiger partial charge in [-0.25, -0.2) is 0 Å². The van der Waals surface area contributed by atoms with Crippen LogP contribution >= 0.6 is 0 Å². The standard InChI is InChI=1S/C16H22N2/c1-3-10-18-13(2)7-8-14-5-4-6-15-9-11-17-12-16(14)15/h4-6,9,11-13,18H,3,7-8,10H2,1-2H3. The zero-order chi connectivity index (χ0) is 12.8. The fraction of sp³-hybridized carbons (Fsp3) is 0.438. The number of rotatable bonds is 6. The summed E-state index contributed by atoms with van der Waals surface area (Å²) in [6.07, 6.45) is 7.32.